The Hall–Kier alpha value is -1.88. The molecule has 112 valence electrons. The molecule has 2 atom stereocenters. The summed E-state index contributed by atoms with van der Waals surface area (Å²) in [5.74, 6) is 0.677. The average Bonchev–Trinajstić information content (AvgIpc) is 2.55. The smallest absolute Gasteiger partial charge is 0.119 e. The van der Waals surface area contributed by atoms with Crippen LogP contribution in [0.2, 0.25) is 0 Å². The predicted octanol–water partition coefficient (Wildman–Crippen LogP) is 2.00. The standard InChI is InChI=1S/C17H20O4/c18-11-17(21-12-14-7-3-1-4-8-14)16(19)13-20-15-9-5-2-6-10-15/h1-10,16-19H,11-13H2. The molecule has 0 radical (unpaired) electrons. The molecule has 0 spiro atoms. The minimum absolute atomic E-state index is 0.0734. The molecule has 2 rings (SSSR count). The summed E-state index contributed by atoms with van der Waals surface area (Å²) in [6, 6.07) is 18.9. The van der Waals surface area contributed by atoms with Crippen LogP contribution in [-0.2, 0) is 11.3 Å². The lowest BCUT2D eigenvalue weighted by Crippen LogP contribution is -2.36. The molecule has 4 heteroatoms. The fraction of sp³-hybridized carbons (Fsp3) is 0.294. The first-order valence-corrected chi connectivity index (χ1v) is 6.92. The molecule has 2 unspecified atom stereocenters. The van der Waals surface area contributed by atoms with Crippen LogP contribution in [0.4, 0.5) is 0 Å². The van der Waals surface area contributed by atoms with E-state index in [2.05, 4.69) is 0 Å². The highest BCUT2D eigenvalue weighted by Gasteiger charge is 2.20. The maximum absolute atomic E-state index is 10.0. The SMILES string of the molecule is OCC(OCc1ccccc1)C(O)COc1ccccc1. The van der Waals surface area contributed by atoms with Crippen molar-refractivity contribution in [1.29, 1.82) is 0 Å². The third kappa shape index (κ3) is 5.19. The minimum Gasteiger partial charge on any atom is -0.491 e. The van der Waals surface area contributed by atoms with Gasteiger partial charge in [-0.3, -0.25) is 0 Å². The van der Waals surface area contributed by atoms with E-state index >= 15 is 0 Å². The molecule has 0 aliphatic rings. The van der Waals surface area contributed by atoms with Crippen LogP contribution in [0, 0.1) is 0 Å². The Balaban J connectivity index is 1.79. The minimum atomic E-state index is -0.890. The number of rotatable bonds is 8. The molecule has 4 nitrogen and oxygen atoms in total. The van der Waals surface area contributed by atoms with Crippen molar-refractivity contribution >= 4 is 0 Å². The van der Waals surface area contributed by atoms with Crippen molar-refractivity contribution in [2.24, 2.45) is 0 Å². The van der Waals surface area contributed by atoms with E-state index in [1.807, 2.05) is 60.7 Å². The normalized spacial score (nSPS) is 13.6. The summed E-state index contributed by atoms with van der Waals surface area (Å²) in [6.07, 6.45) is -1.56. The molecule has 0 heterocycles. The number of ether oxygens (including phenoxy) is 2. The molecule has 0 saturated carbocycles. The summed E-state index contributed by atoms with van der Waals surface area (Å²) in [7, 11) is 0. The molecule has 2 N–H and O–H groups in total. The van der Waals surface area contributed by atoms with Crippen LogP contribution in [0.5, 0.6) is 5.75 Å². The van der Waals surface area contributed by atoms with Gasteiger partial charge >= 0.3 is 0 Å². The largest absolute Gasteiger partial charge is 0.491 e. The van der Waals surface area contributed by atoms with Gasteiger partial charge in [-0.2, -0.15) is 0 Å². The molecule has 0 aliphatic carbocycles. The Labute approximate surface area is 124 Å². The first-order chi connectivity index (χ1) is 10.3. The van der Waals surface area contributed by atoms with Gasteiger partial charge in [0, 0.05) is 0 Å². The lowest BCUT2D eigenvalue weighted by Gasteiger charge is -2.21. The number of hydrogen-bond acceptors (Lipinski definition) is 4. The Morgan fingerprint density at radius 1 is 0.905 bits per heavy atom. The van der Waals surface area contributed by atoms with Gasteiger partial charge in [0.1, 0.15) is 24.6 Å². The Morgan fingerprint density at radius 2 is 1.52 bits per heavy atom. The molecule has 2 aromatic carbocycles. The van der Waals surface area contributed by atoms with E-state index in [1.54, 1.807) is 0 Å². The maximum Gasteiger partial charge on any atom is 0.119 e. The van der Waals surface area contributed by atoms with Crippen LogP contribution in [0.3, 0.4) is 0 Å². The molecular weight excluding hydrogens is 268 g/mol. The van der Waals surface area contributed by atoms with Gasteiger partial charge in [0.25, 0.3) is 0 Å². The van der Waals surface area contributed by atoms with Crippen molar-refractivity contribution in [1.82, 2.24) is 0 Å². The fourth-order valence-corrected chi connectivity index (χ4v) is 1.87. The summed E-state index contributed by atoms with van der Waals surface area (Å²) < 4.78 is 11.0. The van der Waals surface area contributed by atoms with Crippen LogP contribution in [0.25, 0.3) is 0 Å². The number of benzene rings is 2. The van der Waals surface area contributed by atoms with Crippen LogP contribution in [-0.4, -0.2) is 35.6 Å². The van der Waals surface area contributed by atoms with Gasteiger partial charge in [0.05, 0.1) is 13.2 Å². The number of para-hydroxylation sites is 1. The van der Waals surface area contributed by atoms with E-state index in [-0.39, 0.29) is 13.2 Å². The van der Waals surface area contributed by atoms with Crippen molar-refractivity contribution in [3.05, 3.63) is 66.2 Å². The van der Waals surface area contributed by atoms with Crippen molar-refractivity contribution in [2.45, 2.75) is 18.8 Å². The molecule has 0 aromatic heterocycles. The summed E-state index contributed by atoms with van der Waals surface area (Å²) in [4.78, 5) is 0. The van der Waals surface area contributed by atoms with Gasteiger partial charge in [-0.25, -0.2) is 0 Å². The first-order valence-electron chi connectivity index (χ1n) is 6.92. The van der Waals surface area contributed by atoms with E-state index in [0.717, 1.165) is 5.56 Å². The number of hydrogen-bond donors (Lipinski definition) is 2. The Bertz CT molecular complexity index is 501. The van der Waals surface area contributed by atoms with Gasteiger partial charge in [-0.1, -0.05) is 48.5 Å². The second-order valence-electron chi connectivity index (χ2n) is 4.71. The monoisotopic (exact) mass is 288 g/mol. The highest BCUT2D eigenvalue weighted by molar-refractivity contribution is 5.20. The molecule has 0 saturated heterocycles. The second-order valence-corrected chi connectivity index (χ2v) is 4.71. The zero-order valence-electron chi connectivity index (χ0n) is 11.8. The maximum atomic E-state index is 10.0. The quantitative estimate of drug-likeness (QED) is 0.780. The molecule has 0 aliphatic heterocycles. The van der Waals surface area contributed by atoms with Crippen LogP contribution in [0.1, 0.15) is 5.56 Å². The lowest BCUT2D eigenvalue weighted by molar-refractivity contribution is -0.0828. The van der Waals surface area contributed by atoms with Gasteiger partial charge in [0.15, 0.2) is 0 Å². The van der Waals surface area contributed by atoms with Crippen molar-refractivity contribution in [3.8, 4) is 5.75 Å². The van der Waals surface area contributed by atoms with E-state index < -0.39 is 12.2 Å². The topological polar surface area (TPSA) is 58.9 Å². The molecular formula is C17H20O4. The highest BCUT2D eigenvalue weighted by Crippen LogP contribution is 2.11. The molecule has 2 aromatic rings. The third-order valence-electron chi connectivity index (χ3n) is 3.08. The lowest BCUT2D eigenvalue weighted by atomic mass is 10.2. The summed E-state index contributed by atoms with van der Waals surface area (Å²) in [5.41, 5.74) is 0.993. The van der Waals surface area contributed by atoms with Gasteiger partial charge in [-0.15, -0.1) is 0 Å². The van der Waals surface area contributed by atoms with Crippen molar-refractivity contribution in [3.63, 3.8) is 0 Å². The Morgan fingerprint density at radius 3 is 2.14 bits per heavy atom. The van der Waals surface area contributed by atoms with E-state index in [1.165, 1.54) is 0 Å². The van der Waals surface area contributed by atoms with Gasteiger partial charge in [-0.05, 0) is 17.7 Å². The van der Waals surface area contributed by atoms with Crippen LogP contribution in [0.15, 0.2) is 60.7 Å². The van der Waals surface area contributed by atoms with Crippen LogP contribution < -0.4 is 4.74 Å². The first kappa shape index (κ1) is 15.5. The average molecular weight is 288 g/mol. The van der Waals surface area contributed by atoms with Crippen molar-refractivity contribution in [2.75, 3.05) is 13.2 Å². The summed E-state index contributed by atoms with van der Waals surface area (Å²) in [5, 5.41) is 19.4. The highest BCUT2D eigenvalue weighted by atomic mass is 16.5. The second kappa shape index (κ2) is 8.42. The molecule has 0 amide bonds. The van der Waals surface area contributed by atoms with E-state index in [0.29, 0.717) is 12.4 Å². The zero-order valence-corrected chi connectivity index (χ0v) is 11.8. The fourth-order valence-electron chi connectivity index (χ4n) is 1.87. The molecule has 21 heavy (non-hydrogen) atoms. The zero-order chi connectivity index (χ0) is 14.9. The molecule has 0 bridgehead atoms. The third-order valence-corrected chi connectivity index (χ3v) is 3.08. The molecule has 0 fully saturated rings. The van der Waals surface area contributed by atoms with E-state index in [4.69, 9.17) is 9.47 Å². The predicted molar refractivity (Wildman–Crippen MR) is 80.0 cm³/mol. The number of aliphatic hydroxyl groups is 2. The van der Waals surface area contributed by atoms with Gasteiger partial charge in [0.2, 0.25) is 0 Å². The van der Waals surface area contributed by atoms with Gasteiger partial charge < -0.3 is 19.7 Å². The van der Waals surface area contributed by atoms with Crippen LogP contribution >= 0.6 is 0 Å². The van der Waals surface area contributed by atoms with E-state index in [9.17, 15) is 10.2 Å². The number of aliphatic hydroxyl groups excluding tert-OH is 2. The Kier molecular flexibility index (Phi) is 6.22. The summed E-state index contributed by atoms with van der Waals surface area (Å²) >= 11 is 0. The van der Waals surface area contributed by atoms with Crippen molar-refractivity contribution < 1.29 is 19.7 Å². The summed E-state index contributed by atoms with van der Waals surface area (Å²) in [6.45, 7) is 0.157.